The van der Waals surface area contributed by atoms with Crippen molar-refractivity contribution in [3.05, 3.63) is 59.1 Å². The zero-order valence-electron chi connectivity index (χ0n) is 13.4. The van der Waals surface area contributed by atoms with Crippen molar-refractivity contribution in [2.75, 3.05) is 16.8 Å². The van der Waals surface area contributed by atoms with Crippen molar-refractivity contribution in [1.29, 1.82) is 0 Å². The van der Waals surface area contributed by atoms with Gasteiger partial charge in [-0.1, -0.05) is 47.6 Å². The van der Waals surface area contributed by atoms with Crippen LogP contribution in [0.25, 0.3) is 5.69 Å². The third kappa shape index (κ3) is 4.12. The molecule has 0 saturated heterocycles. The molecule has 1 amide bonds. The Kier molecular flexibility index (Phi) is 5.25. The molecule has 0 aliphatic rings. The molecular formula is C17H16ClN5OS. The van der Waals surface area contributed by atoms with E-state index in [0.717, 1.165) is 11.3 Å². The average molecular weight is 374 g/mol. The van der Waals surface area contributed by atoms with Gasteiger partial charge in [-0.15, -0.1) is 10.2 Å². The number of nitrogens with zero attached hydrogens (tertiary/aromatic N) is 3. The van der Waals surface area contributed by atoms with Gasteiger partial charge in [0.05, 0.1) is 11.4 Å². The summed E-state index contributed by atoms with van der Waals surface area (Å²) in [5, 5.41) is 11.9. The number of amides is 1. The van der Waals surface area contributed by atoms with E-state index in [-0.39, 0.29) is 17.6 Å². The Labute approximate surface area is 154 Å². The van der Waals surface area contributed by atoms with Crippen LogP contribution >= 0.6 is 23.4 Å². The van der Waals surface area contributed by atoms with E-state index in [9.17, 15) is 4.79 Å². The van der Waals surface area contributed by atoms with Gasteiger partial charge in [0.1, 0.15) is 0 Å². The highest BCUT2D eigenvalue weighted by molar-refractivity contribution is 7.99. The number of halogens is 1. The van der Waals surface area contributed by atoms with Crippen molar-refractivity contribution in [3.8, 4) is 5.69 Å². The molecule has 128 valence electrons. The van der Waals surface area contributed by atoms with E-state index < -0.39 is 0 Å². The normalized spacial score (nSPS) is 10.6. The molecule has 0 aliphatic heterocycles. The molecule has 0 fully saturated rings. The summed E-state index contributed by atoms with van der Waals surface area (Å²) < 4.78 is 1.71. The highest BCUT2D eigenvalue weighted by Gasteiger charge is 2.14. The van der Waals surface area contributed by atoms with Crippen LogP contribution in [0.5, 0.6) is 0 Å². The van der Waals surface area contributed by atoms with Crippen LogP contribution in [0.3, 0.4) is 0 Å². The second kappa shape index (κ2) is 7.58. The molecule has 1 heterocycles. The smallest absolute Gasteiger partial charge is 0.234 e. The summed E-state index contributed by atoms with van der Waals surface area (Å²) in [6.07, 6.45) is 0. The lowest BCUT2D eigenvalue weighted by Crippen LogP contribution is -2.15. The molecule has 0 atom stereocenters. The fourth-order valence-electron chi connectivity index (χ4n) is 2.24. The second-order valence-corrected chi connectivity index (χ2v) is 6.69. The number of hydrogen-bond donors (Lipinski definition) is 2. The van der Waals surface area contributed by atoms with Crippen LogP contribution in [0.1, 0.15) is 5.56 Å². The number of aromatic nitrogens is 3. The molecule has 8 heteroatoms. The van der Waals surface area contributed by atoms with Crippen molar-refractivity contribution in [2.24, 2.45) is 0 Å². The topological polar surface area (TPSA) is 85.8 Å². The summed E-state index contributed by atoms with van der Waals surface area (Å²) in [5.74, 6) is 0.299. The third-order valence-corrected chi connectivity index (χ3v) is 4.64. The van der Waals surface area contributed by atoms with E-state index in [2.05, 4.69) is 15.5 Å². The van der Waals surface area contributed by atoms with Gasteiger partial charge in [-0.05, 0) is 36.8 Å². The Balaban J connectivity index is 1.70. The number of aryl methyl sites for hydroxylation is 1. The monoisotopic (exact) mass is 373 g/mol. The molecule has 0 unspecified atom stereocenters. The Bertz CT molecular complexity index is 897. The Morgan fingerprint density at radius 3 is 2.76 bits per heavy atom. The first kappa shape index (κ1) is 17.3. The quantitative estimate of drug-likeness (QED) is 0.668. The van der Waals surface area contributed by atoms with Gasteiger partial charge in [0, 0.05) is 10.7 Å². The second-order valence-electron chi connectivity index (χ2n) is 5.31. The predicted octanol–water partition coefficient (Wildman–Crippen LogP) is 3.54. The van der Waals surface area contributed by atoms with Crippen molar-refractivity contribution in [2.45, 2.75) is 12.1 Å². The first-order chi connectivity index (χ1) is 12.0. The van der Waals surface area contributed by atoms with Crippen LogP contribution in [0.4, 0.5) is 11.6 Å². The predicted molar refractivity (Wildman–Crippen MR) is 101 cm³/mol. The number of carbonyl (C=O) groups excluding carboxylic acids is 1. The minimum absolute atomic E-state index is 0.156. The number of nitrogens with two attached hydrogens (primary N) is 1. The molecule has 3 rings (SSSR count). The van der Waals surface area contributed by atoms with Gasteiger partial charge in [-0.2, -0.15) is 0 Å². The van der Waals surface area contributed by atoms with Crippen LogP contribution < -0.4 is 11.1 Å². The van der Waals surface area contributed by atoms with Gasteiger partial charge in [-0.25, -0.2) is 0 Å². The minimum Gasteiger partial charge on any atom is -0.368 e. The first-order valence-electron chi connectivity index (χ1n) is 7.49. The standard InChI is InChI=1S/C17H16ClN5OS/c1-11-7-8-12(18)9-14(11)20-15(24)10-25-17-22-21-16(19)23(17)13-5-3-2-4-6-13/h2-9H,10H2,1H3,(H2,19,21)(H,20,24). The van der Waals surface area contributed by atoms with Crippen molar-refractivity contribution >= 4 is 40.9 Å². The summed E-state index contributed by atoms with van der Waals surface area (Å²) in [7, 11) is 0. The molecule has 0 aliphatic carbocycles. The Morgan fingerprint density at radius 2 is 2.00 bits per heavy atom. The molecular weight excluding hydrogens is 358 g/mol. The Morgan fingerprint density at radius 1 is 1.24 bits per heavy atom. The number of carbonyl (C=O) groups is 1. The third-order valence-electron chi connectivity index (χ3n) is 3.48. The van der Waals surface area contributed by atoms with E-state index in [1.54, 1.807) is 16.7 Å². The van der Waals surface area contributed by atoms with E-state index in [1.165, 1.54) is 11.8 Å². The maximum Gasteiger partial charge on any atom is 0.234 e. The largest absolute Gasteiger partial charge is 0.368 e. The number of anilines is 2. The van der Waals surface area contributed by atoms with Gasteiger partial charge >= 0.3 is 0 Å². The molecule has 1 aromatic heterocycles. The van der Waals surface area contributed by atoms with Crippen LogP contribution in [-0.4, -0.2) is 26.4 Å². The summed E-state index contributed by atoms with van der Waals surface area (Å²) in [5.41, 5.74) is 8.39. The summed E-state index contributed by atoms with van der Waals surface area (Å²) >= 11 is 7.24. The van der Waals surface area contributed by atoms with Crippen molar-refractivity contribution < 1.29 is 4.79 Å². The van der Waals surface area contributed by atoms with Crippen LogP contribution in [0.15, 0.2) is 53.7 Å². The minimum atomic E-state index is -0.156. The molecule has 0 radical (unpaired) electrons. The van der Waals surface area contributed by atoms with Gasteiger partial charge in [0.2, 0.25) is 11.9 Å². The summed E-state index contributed by atoms with van der Waals surface area (Å²) in [6, 6.07) is 14.9. The van der Waals surface area contributed by atoms with Gasteiger partial charge in [-0.3, -0.25) is 9.36 Å². The fourth-order valence-corrected chi connectivity index (χ4v) is 3.17. The van der Waals surface area contributed by atoms with E-state index in [4.69, 9.17) is 17.3 Å². The molecule has 3 N–H and O–H groups in total. The number of rotatable bonds is 5. The fraction of sp³-hybridized carbons (Fsp3) is 0.118. The highest BCUT2D eigenvalue weighted by Crippen LogP contribution is 2.24. The molecule has 6 nitrogen and oxygen atoms in total. The van der Waals surface area contributed by atoms with Gasteiger partial charge in [0.25, 0.3) is 0 Å². The van der Waals surface area contributed by atoms with Crippen molar-refractivity contribution in [1.82, 2.24) is 14.8 Å². The maximum absolute atomic E-state index is 12.2. The number of para-hydroxylation sites is 1. The zero-order valence-corrected chi connectivity index (χ0v) is 15.0. The zero-order chi connectivity index (χ0) is 17.8. The number of hydrogen-bond acceptors (Lipinski definition) is 5. The number of nitrogen functional groups attached to an aromatic ring is 1. The van der Waals surface area contributed by atoms with E-state index >= 15 is 0 Å². The first-order valence-corrected chi connectivity index (χ1v) is 8.86. The van der Waals surface area contributed by atoms with Crippen LogP contribution in [0, 0.1) is 6.92 Å². The number of benzene rings is 2. The Hall–Kier alpha value is -2.51. The lowest BCUT2D eigenvalue weighted by atomic mass is 10.2. The maximum atomic E-state index is 12.2. The number of nitrogens with one attached hydrogen (secondary N) is 1. The lowest BCUT2D eigenvalue weighted by molar-refractivity contribution is -0.113. The average Bonchev–Trinajstić information content (AvgIpc) is 2.98. The molecule has 3 aromatic rings. The van der Waals surface area contributed by atoms with Crippen LogP contribution in [0.2, 0.25) is 5.02 Å². The van der Waals surface area contributed by atoms with Crippen molar-refractivity contribution in [3.63, 3.8) is 0 Å². The SMILES string of the molecule is Cc1ccc(Cl)cc1NC(=O)CSc1nnc(N)n1-c1ccccc1. The lowest BCUT2D eigenvalue weighted by Gasteiger charge is -2.10. The van der Waals surface area contributed by atoms with Gasteiger partial charge in [0.15, 0.2) is 5.16 Å². The molecule has 0 spiro atoms. The molecule has 0 bridgehead atoms. The highest BCUT2D eigenvalue weighted by atomic mass is 35.5. The van der Waals surface area contributed by atoms with Crippen LogP contribution in [-0.2, 0) is 4.79 Å². The molecule has 25 heavy (non-hydrogen) atoms. The summed E-state index contributed by atoms with van der Waals surface area (Å²) in [4.78, 5) is 12.2. The molecule has 0 saturated carbocycles. The molecule has 2 aromatic carbocycles. The van der Waals surface area contributed by atoms with E-state index in [0.29, 0.717) is 15.9 Å². The number of thioether (sulfide) groups is 1. The van der Waals surface area contributed by atoms with E-state index in [1.807, 2.05) is 43.3 Å². The van der Waals surface area contributed by atoms with Gasteiger partial charge < -0.3 is 11.1 Å². The summed E-state index contributed by atoms with van der Waals surface area (Å²) in [6.45, 7) is 1.91.